The van der Waals surface area contributed by atoms with Crippen molar-refractivity contribution in [3.05, 3.63) is 16.7 Å². The standard InChI is InChI=1S/C17H22N6O6/c1-9(24)27-6-12-11(28-10(2)25)5-13(29-12)23-8-18-14-15(23)20-17(21-16(14)26)19-7-22(3)4/h7-8,11-13H,5-6H2,1-4H3,(H,20,21,26)/b19-7+/t11?,12-,13-/m1/s1. The van der Waals surface area contributed by atoms with Gasteiger partial charge in [0.15, 0.2) is 11.2 Å². The smallest absolute Gasteiger partial charge is 0.303 e. The lowest BCUT2D eigenvalue weighted by Gasteiger charge is -2.17. The number of H-pyrrole nitrogens is 1. The van der Waals surface area contributed by atoms with Crippen LogP contribution >= 0.6 is 0 Å². The molecule has 1 fully saturated rings. The number of aromatic amines is 1. The summed E-state index contributed by atoms with van der Waals surface area (Å²) in [6.07, 6.45) is 1.31. The Morgan fingerprint density at radius 1 is 1.41 bits per heavy atom. The van der Waals surface area contributed by atoms with Crippen molar-refractivity contribution in [2.45, 2.75) is 38.7 Å². The highest BCUT2D eigenvalue weighted by Gasteiger charge is 2.40. The van der Waals surface area contributed by atoms with Crippen LogP contribution in [0.2, 0.25) is 0 Å². The lowest BCUT2D eigenvalue weighted by molar-refractivity contribution is -0.155. The average molecular weight is 406 g/mol. The number of fused-ring (bicyclic) bond motifs is 1. The molecule has 1 N–H and O–H groups in total. The van der Waals surface area contributed by atoms with Crippen LogP contribution in [0.25, 0.3) is 11.2 Å². The molecule has 0 bridgehead atoms. The molecule has 0 radical (unpaired) electrons. The fraction of sp³-hybridized carbons (Fsp3) is 0.529. The van der Waals surface area contributed by atoms with Crippen LogP contribution in [0.5, 0.6) is 0 Å². The number of hydrogen-bond donors (Lipinski definition) is 1. The molecule has 29 heavy (non-hydrogen) atoms. The monoisotopic (exact) mass is 406 g/mol. The van der Waals surface area contributed by atoms with Gasteiger partial charge in [0, 0.05) is 34.4 Å². The van der Waals surface area contributed by atoms with Crippen molar-refractivity contribution in [2.24, 2.45) is 4.99 Å². The Labute approximate surface area is 165 Å². The van der Waals surface area contributed by atoms with Gasteiger partial charge >= 0.3 is 11.9 Å². The van der Waals surface area contributed by atoms with Crippen LogP contribution in [0.15, 0.2) is 16.1 Å². The van der Waals surface area contributed by atoms with Crippen LogP contribution in [0.3, 0.4) is 0 Å². The van der Waals surface area contributed by atoms with E-state index in [0.717, 1.165) is 0 Å². The Balaban J connectivity index is 1.91. The van der Waals surface area contributed by atoms with Gasteiger partial charge in [-0.25, -0.2) is 9.98 Å². The zero-order valence-corrected chi connectivity index (χ0v) is 16.5. The summed E-state index contributed by atoms with van der Waals surface area (Å²) >= 11 is 0. The normalized spacial score (nSPS) is 21.6. The number of esters is 2. The second-order valence-corrected chi connectivity index (χ2v) is 6.74. The third-order valence-electron chi connectivity index (χ3n) is 4.09. The number of hydrogen-bond acceptors (Lipinski definition) is 9. The Hall–Kier alpha value is -3.28. The molecule has 1 aliphatic heterocycles. The molecule has 3 atom stereocenters. The number of nitrogens with zero attached hydrogens (tertiary/aromatic N) is 5. The van der Waals surface area contributed by atoms with Crippen molar-refractivity contribution in [1.29, 1.82) is 0 Å². The zero-order valence-electron chi connectivity index (χ0n) is 16.5. The molecule has 1 saturated heterocycles. The van der Waals surface area contributed by atoms with E-state index < -0.39 is 35.9 Å². The van der Waals surface area contributed by atoms with Gasteiger partial charge in [-0.2, -0.15) is 4.98 Å². The van der Waals surface area contributed by atoms with E-state index in [1.807, 2.05) is 0 Å². The Morgan fingerprint density at radius 2 is 2.17 bits per heavy atom. The summed E-state index contributed by atoms with van der Waals surface area (Å²) in [5, 5.41) is 0. The van der Waals surface area contributed by atoms with Crippen LogP contribution in [0.4, 0.5) is 5.95 Å². The Kier molecular flexibility index (Phi) is 5.92. The number of rotatable bonds is 6. The SMILES string of the molecule is CC(=O)OC[C@H]1O[C@@H](n2cnc3c(=O)[nH]c(/N=C/N(C)C)nc32)CC1OC(C)=O. The van der Waals surface area contributed by atoms with E-state index in [1.165, 1.54) is 26.5 Å². The predicted molar refractivity (Wildman–Crippen MR) is 101 cm³/mol. The molecular weight excluding hydrogens is 384 g/mol. The number of ether oxygens (including phenoxy) is 3. The predicted octanol–water partition coefficient (Wildman–Crippen LogP) is 0.123. The van der Waals surface area contributed by atoms with Crippen molar-refractivity contribution in [1.82, 2.24) is 24.4 Å². The van der Waals surface area contributed by atoms with Crippen LogP contribution in [-0.2, 0) is 23.8 Å². The molecule has 0 aromatic carbocycles. The molecule has 2 aromatic rings. The fourth-order valence-corrected chi connectivity index (χ4v) is 2.91. The van der Waals surface area contributed by atoms with Crippen LogP contribution in [0, 0.1) is 0 Å². The summed E-state index contributed by atoms with van der Waals surface area (Å²) in [6, 6.07) is 0. The summed E-state index contributed by atoms with van der Waals surface area (Å²) < 4.78 is 17.8. The quantitative estimate of drug-likeness (QED) is 0.402. The molecule has 0 spiro atoms. The molecule has 0 aliphatic carbocycles. The molecule has 12 nitrogen and oxygen atoms in total. The first-order valence-electron chi connectivity index (χ1n) is 8.88. The highest BCUT2D eigenvalue weighted by Crippen LogP contribution is 2.32. The second-order valence-electron chi connectivity index (χ2n) is 6.74. The molecule has 2 aromatic heterocycles. The zero-order chi connectivity index (χ0) is 21.1. The van der Waals surface area contributed by atoms with Crippen molar-refractivity contribution in [3.8, 4) is 0 Å². The molecule has 12 heteroatoms. The van der Waals surface area contributed by atoms with Crippen molar-refractivity contribution >= 4 is 35.4 Å². The third kappa shape index (κ3) is 4.77. The maximum absolute atomic E-state index is 12.3. The summed E-state index contributed by atoms with van der Waals surface area (Å²) in [4.78, 5) is 51.7. The Bertz CT molecular complexity index is 996. The van der Waals surface area contributed by atoms with Gasteiger partial charge in [-0.3, -0.25) is 23.9 Å². The Morgan fingerprint density at radius 3 is 2.83 bits per heavy atom. The number of imidazole rings is 1. The van der Waals surface area contributed by atoms with E-state index in [-0.39, 0.29) is 30.1 Å². The molecule has 0 saturated carbocycles. The maximum atomic E-state index is 12.3. The van der Waals surface area contributed by atoms with Gasteiger partial charge in [-0.05, 0) is 0 Å². The minimum Gasteiger partial charge on any atom is -0.463 e. The molecular formula is C17H22N6O6. The first kappa shape index (κ1) is 20.5. The second kappa shape index (κ2) is 8.39. The largest absolute Gasteiger partial charge is 0.463 e. The van der Waals surface area contributed by atoms with Gasteiger partial charge in [0.05, 0.1) is 12.7 Å². The number of carbonyl (C=O) groups excluding carboxylic acids is 2. The highest BCUT2D eigenvalue weighted by molar-refractivity contribution is 5.71. The number of carbonyl (C=O) groups is 2. The average Bonchev–Trinajstić information content (AvgIpc) is 3.21. The van der Waals surface area contributed by atoms with Crippen molar-refractivity contribution < 1.29 is 23.8 Å². The van der Waals surface area contributed by atoms with Gasteiger partial charge in [-0.1, -0.05) is 0 Å². The van der Waals surface area contributed by atoms with Gasteiger partial charge in [0.2, 0.25) is 5.95 Å². The van der Waals surface area contributed by atoms with Crippen LogP contribution in [0.1, 0.15) is 26.5 Å². The van der Waals surface area contributed by atoms with Gasteiger partial charge in [0.1, 0.15) is 25.0 Å². The van der Waals surface area contributed by atoms with E-state index in [2.05, 4.69) is 19.9 Å². The number of aromatic nitrogens is 4. The summed E-state index contributed by atoms with van der Waals surface area (Å²) in [6.45, 7) is 2.50. The highest BCUT2D eigenvalue weighted by atomic mass is 16.6. The number of aliphatic imine (C=N–C) groups is 1. The van der Waals surface area contributed by atoms with Crippen molar-refractivity contribution in [3.63, 3.8) is 0 Å². The molecule has 1 aliphatic rings. The number of nitrogens with one attached hydrogen (secondary N) is 1. The van der Waals surface area contributed by atoms with E-state index in [9.17, 15) is 14.4 Å². The minimum absolute atomic E-state index is 0.0667. The van der Waals surface area contributed by atoms with Gasteiger partial charge in [0.25, 0.3) is 5.56 Å². The first-order valence-corrected chi connectivity index (χ1v) is 8.88. The summed E-state index contributed by atoms with van der Waals surface area (Å²) in [5.41, 5.74) is -0.0325. The van der Waals surface area contributed by atoms with E-state index in [1.54, 1.807) is 23.6 Å². The summed E-state index contributed by atoms with van der Waals surface area (Å²) in [7, 11) is 3.57. The summed E-state index contributed by atoms with van der Waals surface area (Å²) in [5.74, 6) is -0.829. The minimum atomic E-state index is -0.654. The lowest BCUT2D eigenvalue weighted by atomic mass is 10.2. The van der Waals surface area contributed by atoms with Crippen molar-refractivity contribution in [2.75, 3.05) is 20.7 Å². The molecule has 1 unspecified atom stereocenters. The first-order chi connectivity index (χ1) is 13.7. The van der Waals surface area contributed by atoms with Crippen LogP contribution < -0.4 is 5.56 Å². The van der Waals surface area contributed by atoms with Gasteiger partial charge < -0.3 is 19.1 Å². The lowest BCUT2D eigenvalue weighted by Crippen LogP contribution is -2.31. The van der Waals surface area contributed by atoms with E-state index >= 15 is 0 Å². The van der Waals surface area contributed by atoms with Gasteiger partial charge in [-0.15, -0.1) is 0 Å². The van der Waals surface area contributed by atoms with Crippen LogP contribution in [-0.4, -0.2) is 75.6 Å². The maximum Gasteiger partial charge on any atom is 0.303 e. The van der Waals surface area contributed by atoms with E-state index in [4.69, 9.17) is 14.2 Å². The molecule has 3 rings (SSSR count). The molecule has 0 amide bonds. The third-order valence-corrected chi connectivity index (χ3v) is 4.09. The molecule has 3 heterocycles. The molecule has 156 valence electrons. The topological polar surface area (TPSA) is 141 Å². The fourth-order valence-electron chi connectivity index (χ4n) is 2.91. The van der Waals surface area contributed by atoms with E-state index in [0.29, 0.717) is 0 Å².